The third-order valence-corrected chi connectivity index (χ3v) is 22.5. The van der Waals surface area contributed by atoms with E-state index in [1.54, 1.807) is 36.8 Å². The highest BCUT2D eigenvalue weighted by atomic mass is 32.5. The fourth-order valence-corrected chi connectivity index (χ4v) is 13.9. The van der Waals surface area contributed by atoms with E-state index in [1.807, 2.05) is 6.92 Å². The number of aromatic amines is 2. The Labute approximate surface area is 421 Å². The van der Waals surface area contributed by atoms with Gasteiger partial charge in [0.15, 0.2) is 36.9 Å². The van der Waals surface area contributed by atoms with Crippen LogP contribution in [0, 0.1) is 35.7 Å². The Morgan fingerprint density at radius 1 is 0.930 bits per heavy atom. The van der Waals surface area contributed by atoms with Gasteiger partial charge in [-0.3, -0.25) is 38.6 Å². The predicted molar refractivity (Wildman–Crippen MR) is 270 cm³/mol. The van der Waals surface area contributed by atoms with Crippen LogP contribution in [0.2, 0.25) is 18.1 Å². The predicted octanol–water partition coefficient (Wildman–Crippen LogP) is 4.71. The summed E-state index contributed by atoms with van der Waals surface area (Å²) in [6.07, 6.45) is -1.92. The summed E-state index contributed by atoms with van der Waals surface area (Å²) in [5.74, 6) is -1.58. The minimum atomic E-state index is -3.69. The van der Waals surface area contributed by atoms with E-state index in [0.717, 1.165) is 0 Å². The third-order valence-electron chi connectivity index (χ3n) is 12.9. The first-order valence-corrected chi connectivity index (χ1v) is 31.4. The van der Waals surface area contributed by atoms with Crippen LogP contribution in [0.3, 0.4) is 0 Å². The summed E-state index contributed by atoms with van der Waals surface area (Å²) in [6, 6.07) is 0.491. The minimum Gasteiger partial charge on any atom is -0.408 e. The second-order valence-corrected chi connectivity index (χ2v) is 30.9. The number of aromatic nitrogens is 8. The third kappa shape index (κ3) is 12.0. The maximum atomic E-state index is 13.5. The molecule has 4 aromatic heterocycles. The Morgan fingerprint density at radius 3 is 2.08 bits per heavy atom. The lowest BCUT2D eigenvalue weighted by molar-refractivity contribution is -0.121. The van der Waals surface area contributed by atoms with Crippen molar-refractivity contribution in [2.75, 3.05) is 38.3 Å². The van der Waals surface area contributed by atoms with Gasteiger partial charge >= 0.3 is 0 Å². The number of hydrogen-bond donors (Lipinski definition) is 5. The number of H-pyrrole nitrogens is 2. The summed E-state index contributed by atoms with van der Waals surface area (Å²) >= 11 is 12.6. The quantitative estimate of drug-likeness (QED) is 0.0466. The highest BCUT2D eigenvalue weighted by Crippen LogP contribution is 2.54. The van der Waals surface area contributed by atoms with Crippen LogP contribution in [0.5, 0.6) is 0 Å². The Morgan fingerprint density at radius 2 is 1.49 bits per heavy atom. The molecule has 10 atom stereocenters. The number of rotatable bonds is 15. The van der Waals surface area contributed by atoms with Crippen LogP contribution in [0.25, 0.3) is 27.2 Å². The highest BCUT2D eigenvalue weighted by Gasteiger charge is 2.54. The average molecular weight is 1080 g/mol. The molecule has 3 aliphatic rings. The molecule has 0 aromatic carbocycles. The maximum Gasteiger partial charge on any atom is 0.280 e. The van der Waals surface area contributed by atoms with Gasteiger partial charge in [-0.25, -0.2) is 31.7 Å². The molecule has 7 heterocycles. The van der Waals surface area contributed by atoms with E-state index in [-0.39, 0.29) is 103 Å². The first-order chi connectivity index (χ1) is 33.4. The zero-order chi connectivity index (χ0) is 51.8. The summed E-state index contributed by atoms with van der Waals surface area (Å²) in [4.78, 5) is 79.0. The number of nitrogens with zero attached hydrogens (tertiary/aromatic N) is 8. The average Bonchev–Trinajstić information content (AvgIpc) is 4.06. The van der Waals surface area contributed by atoms with E-state index in [1.165, 1.54) is 12.7 Å². The molecule has 3 saturated heterocycles. The van der Waals surface area contributed by atoms with Gasteiger partial charge in [-0.1, -0.05) is 55.4 Å². The fraction of sp³-hybridized carbons (Fsp3) is 0.667. The molecule has 0 aliphatic carbocycles. The number of ether oxygens (including phenoxy) is 2. The van der Waals surface area contributed by atoms with Crippen molar-refractivity contribution in [1.82, 2.24) is 49.2 Å². The number of carbonyl (C=O) groups is 2. The van der Waals surface area contributed by atoms with E-state index in [9.17, 15) is 24.4 Å². The molecule has 1 amide bonds. The molecule has 0 radical (unpaired) electrons. The van der Waals surface area contributed by atoms with Crippen LogP contribution in [0.1, 0.15) is 80.1 Å². The molecule has 7 rings (SSSR count). The normalized spacial score (nSPS) is 28.5. The van der Waals surface area contributed by atoms with E-state index in [0.29, 0.717) is 0 Å². The number of imidazole rings is 2. The van der Waals surface area contributed by atoms with Gasteiger partial charge in [0.2, 0.25) is 18.4 Å². The maximum absolute atomic E-state index is 13.5. The lowest BCUT2D eigenvalue weighted by Gasteiger charge is -2.41. The Hall–Kier alpha value is -4.02. The number of carbonyl (C=O) groups excluding carboxylic acids is 2. The van der Waals surface area contributed by atoms with Gasteiger partial charge in [0.25, 0.3) is 24.4 Å². The molecule has 3 aliphatic heterocycles. The van der Waals surface area contributed by atoms with Gasteiger partial charge in [-0.2, -0.15) is 10.2 Å². The summed E-state index contributed by atoms with van der Waals surface area (Å²) in [5, 5.41) is 18.9. The molecule has 71 heavy (non-hydrogen) atoms. The lowest BCUT2D eigenvalue weighted by Crippen LogP contribution is -2.53. The summed E-state index contributed by atoms with van der Waals surface area (Å²) in [5.41, 5.74) is -0.812. The Kier molecular flexibility index (Phi) is 16.8. The van der Waals surface area contributed by atoms with E-state index in [4.69, 9.17) is 62.2 Å². The zero-order valence-electron chi connectivity index (χ0n) is 41.2. The molecule has 5 N–H and O–H groups in total. The van der Waals surface area contributed by atoms with Gasteiger partial charge in [-0.05, 0) is 41.7 Å². The lowest BCUT2D eigenvalue weighted by atomic mass is 10.00. The summed E-state index contributed by atoms with van der Waals surface area (Å²) < 4.78 is 50.2. The topological polar surface area (TPSA) is 290 Å². The number of amides is 1. The van der Waals surface area contributed by atoms with Crippen LogP contribution in [0.4, 0.5) is 5.95 Å². The van der Waals surface area contributed by atoms with Gasteiger partial charge in [-0.15, -0.1) is 0 Å². The molecule has 0 bridgehead atoms. The summed E-state index contributed by atoms with van der Waals surface area (Å²) in [7, 11) is -2.76. The van der Waals surface area contributed by atoms with Crippen LogP contribution in [-0.2, 0) is 71.6 Å². The zero-order valence-corrected chi connectivity index (χ0v) is 45.6. The van der Waals surface area contributed by atoms with Crippen LogP contribution < -0.4 is 26.6 Å². The standard InChI is InChI=1S/C42H61N13O11P2S2Si/c1-22(2)25(56)17-28-47-34-31(37(58)48-28)45-20-54(34)39-24(5)29-26(64-39)18-62-68(70,60-15-12-13-43)53-30-27(19-63-67(69,52-29)61-16-14-44-9)65-40(33(30)66-71(10,11)42(6,7)8)55-21-46-32-35(55)49-41(51-38(32)59)50-36(57)23(3)4/h20-24,26-27,29-30,33,39-40H,12,14-19H2,1-8,10-11H3,(H,52,69)(H,53,70)(H,47,48,58)(H2,49,50,51,57,59)/t24-,26-,27-,29+,30-,33-,39-,40-,67?,68?/m1/s1. The molecular weight excluding hydrogens is 1020 g/mol. The van der Waals surface area contributed by atoms with Crippen molar-refractivity contribution in [1.29, 1.82) is 5.26 Å². The highest BCUT2D eigenvalue weighted by molar-refractivity contribution is 8.09. The molecule has 24 nitrogen and oxygen atoms in total. The number of anilines is 1. The van der Waals surface area contributed by atoms with Crippen LogP contribution in [0.15, 0.2) is 22.2 Å². The van der Waals surface area contributed by atoms with Crippen molar-refractivity contribution in [3.8, 4) is 6.07 Å². The molecular formula is C42H61N13O11P2S2Si. The minimum absolute atomic E-state index is 0.0146. The number of nitrogens with one attached hydrogen (secondary N) is 5. The smallest absolute Gasteiger partial charge is 0.280 e. The number of nitriles is 1. The van der Waals surface area contributed by atoms with Crippen molar-refractivity contribution in [3.05, 3.63) is 50.6 Å². The first kappa shape index (κ1) is 54.7. The monoisotopic (exact) mass is 1080 g/mol. The van der Waals surface area contributed by atoms with Crippen LogP contribution in [-0.4, -0.2) is 122 Å². The molecule has 2 unspecified atom stereocenters. The van der Waals surface area contributed by atoms with E-state index < -0.39 is 87.4 Å². The number of fused-ring (bicyclic) bond motifs is 4. The molecule has 0 saturated carbocycles. The fourth-order valence-electron chi connectivity index (χ4n) is 7.86. The molecule has 3 fully saturated rings. The molecule has 386 valence electrons. The number of Topliss-reactive ketones (excluding diaryl/α,β-unsaturated/α-hetero) is 1. The second kappa shape index (κ2) is 21.8. The molecule has 4 aromatic rings. The van der Waals surface area contributed by atoms with Crippen molar-refractivity contribution < 1.29 is 41.6 Å². The van der Waals surface area contributed by atoms with Gasteiger partial charge in [0.05, 0.1) is 63.5 Å². The second-order valence-electron chi connectivity index (χ2n) is 19.7. The van der Waals surface area contributed by atoms with Gasteiger partial charge in [0.1, 0.15) is 42.8 Å². The van der Waals surface area contributed by atoms with E-state index >= 15 is 0 Å². The van der Waals surface area contributed by atoms with Gasteiger partial charge < -0.3 is 41.8 Å². The van der Waals surface area contributed by atoms with E-state index in [2.05, 4.69) is 90.2 Å². The van der Waals surface area contributed by atoms with Crippen LogP contribution >= 0.6 is 13.3 Å². The van der Waals surface area contributed by atoms with Crippen molar-refractivity contribution in [3.63, 3.8) is 0 Å². The Balaban J connectivity index is 1.32. The van der Waals surface area contributed by atoms with Gasteiger partial charge in [0, 0.05) is 17.8 Å². The number of hydrogen-bond acceptors (Lipinski definition) is 18. The SMILES string of the molecule is [C-]#[N+]CCOP1(=S)N[C@H]2[C@@H](C)[C@H](n3cnc4c(=O)[nH]c(CC(=O)C(C)C)nc43)O[C@@H]2COP(=S)(OCCC#N)N[C@H]2[C@@H](O[Si](C)(C)C(C)(C)C)[C@H](n3cnc4c(=O)[nH]c(NC(=O)C(C)C)nc43)O[C@@H]2CO1. The Bertz CT molecular complexity index is 2950. The summed E-state index contributed by atoms with van der Waals surface area (Å²) in [6.45, 7) is 18.8. The van der Waals surface area contributed by atoms with Crippen molar-refractivity contribution >= 4 is 85.2 Å². The largest absolute Gasteiger partial charge is 0.408 e. The molecule has 0 spiro atoms. The number of ketones is 1. The van der Waals surface area contributed by atoms with Crippen molar-refractivity contribution in [2.45, 2.75) is 129 Å². The van der Waals surface area contributed by atoms with Crippen molar-refractivity contribution in [2.24, 2.45) is 17.8 Å². The first-order valence-electron chi connectivity index (χ1n) is 23.2. The molecule has 29 heteroatoms.